The van der Waals surface area contributed by atoms with Crippen LogP contribution in [0, 0.1) is 11.8 Å². The van der Waals surface area contributed by atoms with E-state index in [0.717, 1.165) is 12.8 Å². The summed E-state index contributed by atoms with van der Waals surface area (Å²) in [5, 5.41) is 12.6. The van der Waals surface area contributed by atoms with Crippen molar-refractivity contribution in [1.29, 1.82) is 0 Å². The number of amides is 2. The van der Waals surface area contributed by atoms with Gasteiger partial charge in [0.05, 0.1) is 23.4 Å². The van der Waals surface area contributed by atoms with Crippen LogP contribution in [0.5, 0.6) is 0 Å². The van der Waals surface area contributed by atoms with Gasteiger partial charge < -0.3 is 25.8 Å². The molecule has 2 aliphatic heterocycles. The van der Waals surface area contributed by atoms with Crippen molar-refractivity contribution in [3.05, 3.63) is 0 Å². The molecule has 6 atom stereocenters. The van der Waals surface area contributed by atoms with Crippen LogP contribution in [0.15, 0.2) is 0 Å². The molecule has 0 radical (unpaired) electrons. The number of carbonyl (C=O) groups excluding carboxylic acids is 2. The normalized spacial score (nSPS) is 37.9. The fraction of sp³-hybridized carbons (Fsp3) is 0.882. The third kappa shape index (κ3) is 4.44. The minimum atomic E-state index is -0.601. The van der Waals surface area contributed by atoms with Crippen molar-refractivity contribution in [2.45, 2.75) is 54.7 Å². The molecule has 0 aromatic heterocycles. The van der Waals surface area contributed by atoms with Gasteiger partial charge in [-0.2, -0.15) is 0 Å². The smallest absolute Gasteiger partial charge is 0.253 e. The Morgan fingerprint density at radius 2 is 1.92 bits per heavy atom. The van der Waals surface area contributed by atoms with Crippen LogP contribution >= 0.6 is 23.2 Å². The van der Waals surface area contributed by atoms with E-state index in [9.17, 15) is 14.7 Å². The Balaban J connectivity index is 1.50. The predicted octanol–water partition coefficient (Wildman–Crippen LogP) is 0.0530. The van der Waals surface area contributed by atoms with E-state index in [-0.39, 0.29) is 53.6 Å². The minimum Gasteiger partial charge on any atom is -0.393 e. The largest absolute Gasteiger partial charge is 0.393 e. The van der Waals surface area contributed by atoms with Crippen molar-refractivity contribution in [2.24, 2.45) is 17.6 Å². The van der Waals surface area contributed by atoms with Crippen LogP contribution in [0.3, 0.4) is 0 Å². The van der Waals surface area contributed by atoms with Crippen LogP contribution in [-0.2, 0) is 14.3 Å². The number of halogens is 2. The number of aliphatic hydroxyl groups is 1. The number of carbonyl (C=O) groups is 2. The van der Waals surface area contributed by atoms with Gasteiger partial charge in [-0.25, -0.2) is 0 Å². The number of hydrogen-bond donors (Lipinski definition) is 3. The fourth-order valence-electron chi connectivity index (χ4n) is 4.24. The van der Waals surface area contributed by atoms with E-state index in [4.69, 9.17) is 33.7 Å². The number of ether oxygens (including phenoxy) is 1. The van der Waals surface area contributed by atoms with E-state index in [0.29, 0.717) is 25.9 Å². The highest BCUT2D eigenvalue weighted by atomic mass is 35.5. The Morgan fingerprint density at radius 1 is 1.27 bits per heavy atom. The van der Waals surface area contributed by atoms with E-state index in [1.807, 2.05) is 0 Å². The zero-order chi connectivity index (χ0) is 18.8. The van der Waals surface area contributed by atoms with Gasteiger partial charge in [0.2, 0.25) is 5.91 Å². The Kier molecular flexibility index (Phi) is 6.67. The van der Waals surface area contributed by atoms with Gasteiger partial charge in [-0.05, 0) is 31.6 Å². The summed E-state index contributed by atoms with van der Waals surface area (Å²) in [5.74, 6) is -0.0971. The topological polar surface area (TPSA) is 105 Å². The first-order chi connectivity index (χ1) is 12.4. The zero-order valence-electron chi connectivity index (χ0n) is 14.7. The van der Waals surface area contributed by atoms with Gasteiger partial charge in [-0.15, -0.1) is 23.2 Å². The lowest BCUT2D eigenvalue weighted by Gasteiger charge is -2.43. The predicted molar refractivity (Wildman–Crippen MR) is 98.0 cm³/mol. The van der Waals surface area contributed by atoms with Gasteiger partial charge in [-0.3, -0.25) is 9.59 Å². The quantitative estimate of drug-likeness (QED) is 0.573. The molecular formula is C17H27Cl2N3O4. The SMILES string of the molecule is N[C@H](C1CCN(C(=O)C2CNC(=O)CO2)CC1)C1CC(Cl)C(Cl)CC1O. The maximum absolute atomic E-state index is 12.5. The van der Waals surface area contributed by atoms with E-state index in [2.05, 4.69) is 5.32 Å². The van der Waals surface area contributed by atoms with Crippen LogP contribution in [-0.4, -0.2) is 77.1 Å². The highest BCUT2D eigenvalue weighted by Gasteiger charge is 2.41. The number of morpholine rings is 1. The molecule has 3 aliphatic rings. The molecule has 0 aromatic carbocycles. The molecule has 26 heavy (non-hydrogen) atoms. The average Bonchev–Trinajstić information content (AvgIpc) is 2.64. The monoisotopic (exact) mass is 407 g/mol. The van der Waals surface area contributed by atoms with Crippen LogP contribution in [0.1, 0.15) is 25.7 Å². The Labute approximate surface area is 163 Å². The molecule has 1 aliphatic carbocycles. The average molecular weight is 408 g/mol. The lowest BCUT2D eigenvalue weighted by atomic mass is 9.74. The van der Waals surface area contributed by atoms with Crippen LogP contribution in [0.25, 0.3) is 0 Å². The van der Waals surface area contributed by atoms with Gasteiger partial charge in [0.15, 0.2) is 6.10 Å². The number of nitrogens with one attached hydrogen (secondary N) is 1. The summed E-state index contributed by atoms with van der Waals surface area (Å²) in [5.41, 5.74) is 6.46. The van der Waals surface area contributed by atoms with Gasteiger partial charge in [0.25, 0.3) is 5.91 Å². The fourth-order valence-corrected chi connectivity index (χ4v) is 4.83. The number of nitrogens with zero attached hydrogens (tertiary/aromatic N) is 1. The molecule has 2 heterocycles. The third-order valence-electron chi connectivity index (χ3n) is 5.92. The maximum atomic E-state index is 12.5. The van der Waals surface area contributed by atoms with Crippen molar-refractivity contribution in [1.82, 2.24) is 10.2 Å². The Bertz CT molecular complexity index is 520. The number of piperidine rings is 1. The van der Waals surface area contributed by atoms with E-state index < -0.39 is 12.2 Å². The van der Waals surface area contributed by atoms with Gasteiger partial charge in [0, 0.05) is 25.0 Å². The van der Waals surface area contributed by atoms with Gasteiger partial charge in [0.1, 0.15) is 6.61 Å². The molecule has 7 nitrogen and oxygen atoms in total. The molecule has 2 amide bonds. The first-order valence-corrected chi connectivity index (χ1v) is 10.1. The Morgan fingerprint density at radius 3 is 2.54 bits per heavy atom. The molecule has 3 fully saturated rings. The van der Waals surface area contributed by atoms with Crippen molar-refractivity contribution in [3.63, 3.8) is 0 Å². The van der Waals surface area contributed by atoms with Crippen molar-refractivity contribution < 1.29 is 19.4 Å². The number of alkyl halides is 2. The molecule has 9 heteroatoms. The number of rotatable bonds is 3. The van der Waals surface area contributed by atoms with E-state index >= 15 is 0 Å². The molecule has 0 bridgehead atoms. The molecule has 0 aromatic rings. The summed E-state index contributed by atoms with van der Waals surface area (Å²) in [6.07, 6.45) is 1.53. The number of likely N-dealkylation sites (tertiary alicyclic amines) is 1. The van der Waals surface area contributed by atoms with E-state index in [1.54, 1.807) is 4.90 Å². The van der Waals surface area contributed by atoms with Gasteiger partial charge in [-0.1, -0.05) is 0 Å². The summed E-state index contributed by atoms with van der Waals surface area (Å²) >= 11 is 12.4. The number of nitrogens with two attached hydrogens (primary N) is 1. The molecule has 2 saturated heterocycles. The summed E-state index contributed by atoms with van der Waals surface area (Å²) < 4.78 is 5.32. The second-order valence-corrected chi connectivity index (χ2v) is 8.70. The molecule has 3 rings (SSSR count). The molecule has 4 N–H and O–H groups in total. The Hall–Kier alpha value is -0.600. The molecule has 148 valence electrons. The minimum absolute atomic E-state index is 0.0587. The highest BCUT2D eigenvalue weighted by molar-refractivity contribution is 6.30. The first kappa shape index (κ1) is 20.1. The van der Waals surface area contributed by atoms with Crippen molar-refractivity contribution in [2.75, 3.05) is 26.2 Å². The molecular weight excluding hydrogens is 381 g/mol. The summed E-state index contributed by atoms with van der Waals surface area (Å²) in [4.78, 5) is 25.4. The zero-order valence-corrected chi connectivity index (χ0v) is 16.2. The molecule has 1 saturated carbocycles. The maximum Gasteiger partial charge on any atom is 0.253 e. The standard InChI is InChI=1S/C17H27Cl2N3O4/c18-11-5-10(13(23)6-12(11)19)16(20)9-1-3-22(4-2-9)17(25)14-7-21-15(24)8-26-14/h9-14,16,23H,1-8,20H2,(H,21,24)/t10?,11?,12?,13?,14?,16-/m1/s1. The third-order valence-corrected chi connectivity index (χ3v) is 7.01. The summed E-state index contributed by atoms with van der Waals surface area (Å²) in [7, 11) is 0. The first-order valence-electron chi connectivity index (χ1n) is 9.25. The van der Waals surface area contributed by atoms with Crippen LogP contribution in [0.4, 0.5) is 0 Å². The summed E-state index contributed by atoms with van der Waals surface area (Å²) in [6, 6.07) is -0.155. The lowest BCUT2D eigenvalue weighted by molar-refractivity contribution is -0.152. The molecule has 0 spiro atoms. The highest BCUT2D eigenvalue weighted by Crippen LogP contribution is 2.37. The lowest BCUT2D eigenvalue weighted by Crippen LogP contribution is -2.55. The second-order valence-electron chi connectivity index (χ2n) is 7.58. The molecule has 5 unspecified atom stereocenters. The van der Waals surface area contributed by atoms with Crippen LogP contribution < -0.4 is 11.1 Å². The van der Waals surface area contributed by atoms with Crippen molar-refractivity contribution in [3.8, 4) is 0 Å². The number of aliphatic hydroxyl groups excluding tert-OH is 1. The van der Waals surface area contributed by atoms with Gasteiger partial charge >= 0.3 is 0 Å². The van der Waals surface area contributed by atoms with Crippen LogP contribution in [0.2, 0.25) is 0 Å². The summed E-state index contributed by atoms with van der Waals surface area (Å²) in [6.45, 7) is 1.37. The van der Waals surface area contributed by atoms with E-state index in [1.165, 1.54) is 0 Å². The van der Waals surface area contributed by atoms with Crippen molar-refractivity contribution >= 4 is 35.0 Å². The second kappa shape index (κ2) is 8.61. The number of hydrogen-bond acceptors (Lipinski definition) is 5.